The van der Waals surface area contributed by atoms with Crippen LogP contribution in [-0.4, -0.2) is 72.8 Å². The van der Waals surface area contributed by atoms with Crippen LogP contribution in [0.1, 0.15) is 26.1 Å². The molecule has 0 spiro atoms. The zero-order chi connectivity index (χ0) is 19.1. The Morgan fingerprint density at radius 3 is 2.78 bits per heavy atom. The fraction of sp³-hybridized carbons (Fsp3) is 0.600. The van der Waals surface area contributed by atoms with Gasteiger partial charge in [-0.05, 0) is 32.4 Å². The predicted molar refractivity (Wildman–Crippen MR) is 110 cm³/mol. The second-order valence-corrected chi connectivity index (χ2v) is 7.57. The van der Waals surface area contributed by atoms with Gasteiger partial charge < -0.3 is 20.4 Å². The second-order valence-electron chi connectivity index (χ2n) is 7.57. The fourth-order valence-electron chi connectivity index (χ4n) is 3.39. The van der Waals surface area contributed by atoms with Gasteiger partial charge in [0.2, 0.25) is 0 Å². The molecule has 3 N–H and O–H groups in total. The van der Waals surface area contributed by atoms with Crippen LogP contribution >= 0.6 is 0 Å². The molecule has 1 fully saturated rings. The molecule has 1 aliphatic rings. The third-order valence-corrected chi connectivity index (χ3v) is 5.10. The van der Waals surface area contributed by atoms with Crippen molar-refractivity contribution in [2.75, 3.05) is 46.4 Å². The van der Waals surface area contributed by atoms with Gasteiger partial charge in [-0.25, -0.2) is 4.98 Å². The quantitative estimate of drug-likeness (QED) is 0.392. The normalized spacial score (nSPS) is 16.6. The Morgan fingerprint density at radius 1 is 1.26 bits per heavy atom. The predicted octanol–water partition coefficient (Wildman–Crippen LogP) is 1.77. The molecule has 1 aromatic carbocycles. The second kappa shape index (κ2) is 9.19. The highest BCUT2D eigenvalue weighted by Crippen LogP contribution is 2.15. The van der Waals surface area contributed by atoms with Crippen LogP contribution in [0.4, 0.5) is 0 Å². The van der Waals surface area contributed by atoms with Crippen LogP contribution in [0, 0.1) is 0 Å². The summed E-state index contributed by atoms with van der Waals surface area (Å²) in [5, 5.41) is 6.86. The Kier molecular flexibility index (Phi) is 6.68. The number of fused-ring (bicyclic) bond motifs is 1. The summed E-state index contributed by atoms with van der Waals surface area (Å²) in [5.74, 6) is 1.88. The monoisotopic (exact) mass is 372 g/mol. The number of morpholine rings is 1. The minimum atomic E-state index is 0.0652. The van der Waals surface area contributed by atoms with E-state index in [1.807, 2.05) is 25.2 Å². The largest absolute Gasteiger partial charge is 0.379 e. The van der Waals surface area contributed by atoms with E-state index in [4.69, 9.17) is 4.74 Å². The minimum Gasteiger partial charge on any atom is -0.379 e. The zero-order valence-electron chi connectivity index (χ0n) is 16.7. The van der Waals surface area contributed by atoms with E-state index >= 15 is 0 Å². The van der Waals surface area contributed by atoms with Gasteiger partial charge in [-0.3, -0.25) is 9.89 Å². The number of aromatic amines is 1. The molecule has 0 bridgehead atoms. The summed E-state index contributed by atoms with van der Waals surface area (Å²) >= 11 is 0. The molecule has 1 saturated heterocycles. The number of para-hydroxylation sites is 2. The first-order valence-corrected chi connectivity index (χ1v) is 9.79. The molecule has 7 nitrogen and oxygen atoms in total. The molecule has 27 heavy (non-hydrogen) atoms. The maximum Gasteiger partial charge on any atom is 0.191 e. The van der Waals surface area contributed by atoms with Crippen molar-refractivity contribution in [3.63, 3.8) is 0 Å². The third-order valence-electron chi connectivity index (χ3n) is 5.10. The molecule has 0 radical (unpaired) electrons. The average Bonchev–Trinajstić information content (AvgIpc) is 3.11. The van der Waals surface area contributed by atoms with Gasteiger partial charge in [0, 0.05) is 45.2 Å². The van der Waals surface area contributed by atoms with Crippen LogP contribution < -0.4 is 10.6 Å². The molecule has 1 aliphatic heterocycles. The van der Waals surface area contributed by atoms with Gasteiger partial charge in [-0.2, -0.15) is 0 Å². The van der Waals surface area contributed by atoms with E-state index in [-0.39, 0.29) is 5.54 Å². The van der Waals surface area contributed by atoms with Crippen molar-refractivity contribution < 1.29 is 4.74 Å². The number of aromatic nitrogens is 2. The first-order valence-electron chi connectivity index (χ1n) is 9.79. The lowest BCUT2D eigenvalue weighted by molar-refractivity contribution is -0.00833. The number of guanidine groups is 1. The van der Waals surface area contributed by atoms with Crippen molar-refractivity contribution in [3.8, 4) is 0 Å². The van der Waals surface area contributed by atoms with Crippen molar-refractivity contribution in [2.45, 2.75) is 32.2 Å². The molecule has 0 amide bonds. The Hall–Kier alpha value is -2.12. The number of aryl methyl sites for hydroxylation is 1. The summed E-state index contributed by atoms with van der Waals surface area (Å²) in [5.41, 5.74) is 2.20. The Labute approximate surface area is 161 Å². The van der Waals surface area contributed by atoms with Crippen LogP contribution in [0.2, 0.25) is 0 Å². The highest BCUT2D eigenvalue weighted by molar-refractivity contribution is 5.79. The molecule has 0 atom stereocenters. The summed E-state index contributed by atoms with van der Waals surface area (Å²) in [7, 11) is 1.82. The number of aliphatic imine (C=N–C) groups is 1. The fourth-order valence-corrected chi connectivity index (χ4v) is 3.39. The van der Waals surface area contributed by atoms with Crippen molar-refractivity contribution in [1.82, 2.24) is 25.5 Å². The van der Waals surface area contributed by atoms with Crippen molar-refractivity contribution in [3.05, 3.63) is 30.1 Å². The molecule has 2 aromatic rings. The number of ether oxygens (including phenoxy) is 1. The summed E-state index contributed by atoms with van der Waals surface area (Å²) < 4.78 is 5.46. The third kappa shape index (κ3) is 5.43. The summed E-state index contributed by atoms with van der Waals surface area (Å²) in [6.45, 7) is 9.83. The molecule has 148 valence electrons. The SMILES string of the molecule is CN=C(NCCCc1nc2ccccc2[nH]1)NCC(C)(C)N1CCOCC1. The van der Waals surface area contributed by atoms with Gasteiger partial charge in [-0.15, -0.1) is 0 Å². The maximum atomic E-state index is 5.46. The van der Waals surface area contributed by atoms with Gasteiger partial charge >= 0.3 is 0 Å². The van der Waals surface area contributed by atoms with Crippen LogP contribution in [0.15, 0.2) is 29.3 Å². The van der Waals surface area contributed by atoms with Crippen LogP contribution in [0.3, 0.4) is 0 Å². The smallest absolute Gasteiger partial charge is 0.191 e. The van der Waals surface area contributed by atoms with Crippen molar-refractivity contribution >= 4 is 17.0 Å². The number of benzene rings is 1. The van der Waals surface area contributed by atoms with E-state index in [9.17, 15) is 0 Å². The van der Waals surface area contributed by atoms with Gasteiger partial charge in [0.1, 0.15) is 5.82 Å². The lowest BCUT2D eigenvalue weighted by Crippen LogP contribution is -2.56. The van der Waals surface area contributed by atoms with Gasteiger partial charge in [-0.1, -0.05) is 12.1 Å². The van der Waals surface area contributed by atoms with Gasteiger partial charge in [0.25, 0.3) is 0 Å². The lowest BCUT2D eigenvalue weighted by Gasteiger charge is -2.41. The molecule has 0 aliphatic carbocycles. The average molecular weight is 373 g/mol. The Morgan fingerprint density at radius 2 is 2.04 bits per heavy atom. The van der Waals surface area contributed by atoms with E-state index in [0.717, 1.165) is 75.1 Å². The van der Waals surface area contributed by atoms with Gasteiger partial charge in [0.15, 0.2) is 5.96 Å². The summed E-state index contributed by atoms with van der Waals surface area (Å²) in [4.78, 5) is 14.8. The summed E-state index contributed by atoms with van der Waals surface area (Å²) in [6, 6.07) is 8.14. The highest BCUT2D eigenvalue weighted by Gasteiger charge is 2.28. The van der Waals surface area contributed by atoms with E-state index in [1.165, 1.54) is 0 Å². The highest BCUT2D eigenvalue weighted by atomic mass is 16.5. The van der Waals surface area contributed by atoms with Crippen LogP contribution in [0.25, 0.3) is 11.0 Å². The minimum absolute atomic E-state index is 0.0652. The molecular formula is C20H32N6O. The number of nitrogens with one attached hydrogen (secondary N) is 3. The molecule has 1 aromatic heterocycles. The molecule has 0 unspecified atom stereocenters. The standard InChI is InChI=1S/C20H32N6O/c1-20(2,26-11-13-27-14-12-26)15-23-19(21-3)22-10-6-9-18-24-16-7-4-5-8-17(16)25-18/h4-5,7-8H,6,9-15H2,1-3H3,(H,24,25)(H2,21,22,23). The van der Waals surface area contributed by atoms with Crippen LogP contribution in [0.5, 0.6) is 0 Å². The molecule has 3 rings (SSSR count). The lowest BCUT2D eigenvalue weighted by atomic mass is 10.0. The van der Waals surface area contributed by atoms with Crippen LogP contribution in [-0.2, 0) is 11.2 Å². The van der Waals surface area contributed by atoms with E-state index in [0.29, 0.717) is 0 Å². The number of imidazole rings is 1. The molecule has 0 saturated carbocycles. The first-order chi connectivity index (χ1) is 13.1. The molecule has 7 heteroatoms. The molecular weight excluding hydrogens is 340 g/mol. The number of H-pyrrole nitrogens is 1. The number of hydrogen-bond donors (Lipinski definition) is 3. The number of rotatable bonds is 7. The van der Waals surface area contributed by atoms with E-state index in [1.54, 1.807) is 0 Å². The Bertz CT molecular complexity index is 715. The van der Waals surface area contributed by atoms with Crippen molar-refractivity contribution in [2.24, 2.45) is 4.99 Å². The summed E-state index contributed by atoms with van der Waals surface area (Å²) in [6.07, 6.45) is 1.91. The first kappa shape index (κ1) is 19.6. The van der Waals surface area contributed by atoms with E-state index < -0.39 is 0 Å². The van der Waals surface area contributed by atoms with Crippen molar-refractivity contribution in [1.29, 1.82) is 0 Å². The molecule has 2 heterocycles. The number of hydrogen-bond acceptors (Lipinski definition) is 4. The van der Waals surface area contributed by atoms with Gasteiger partial charge in [0.05, 0.1) is 24.2 Å². The maximum absolute atomic E-state index is 5.46. The topological polar surface area (TPSA) is 77.6 Å². The zero-order valence-corrected chi connectivity index (χ0v) is 16.7. The van der Waals surface area contributed by atoms with E-state index in [2.05, 4.69) is 50.4 Å². The Balaban J connectivity index is 1.39. The number of nitrogens with zero attached hydrogens (tertiary/aromatic N) is 3.